The smallest absolute Gasteiger partial charge is 0.341 e. The predicted molar refractivity (Wildman–Crippen MR) is 88.3 cm³/mol. The zero-order chi connectivity index (χ0) is 17.0. The van der Waals surface area contributed by atoms with Crippen molar-refractivity contribution in [3.63, 3.8) is 0 Å². The summed E-state index contributed by atoms with van der Waals surface area (Å²) in [6.45, 7) is -0.252. The minimum absolute atomic E-state index is 0.252. The molecule has 1 aromatic heterocycles. The monoisotopic (exact) mass is 316 g/mol. The fourth-order valence-corrected chi connectivity index (χ4v) is 2.41. The average Bonchev–Trinajstić information content (AvgIpc) is 2.53. The van der Waals surface area contributed by atoms with Gasteiger partial charge in [-0.15, -0.1) is 0 Å². The summed E-state index contributed by atoms with van der Waals surface area (Å²) in [6.07, 6.45) is 1.94. The van der Waals surface area contributed by atoms with Crippen molar-refractivity contribution in [1.29, 1.82) is 0 Å². The molecule has 122 valence electrons. The Labute approximate surface area is 134 Å². The predicted octanol–water partition coefficient (Wildman–Crippen LogP) is 1.39. The molecule has 0 unspecified atom stereocenters. The summed E-state index contributed by atoms with van der Waals surface area (Å²) >= 11 is 0. The highest BCUT2D eigenvalue weighted by Crippen LogP contribution is 2.17. The van der Waals surface area contributed by atoms with Gasteiger partial charge in [0, 0.05) is 26.0 Å². The van der Waals surface area contributed by atoms with Gasteiger partial charge in [-0.2, -0.15) is 0 Å². The second-order valence-electron chi connectivity index (χ2n) is 5.54. The van der Waals surface area contributed by atoms with Gasteiger partial charge in [0.25, 0.3) is 5.56 Å². The number of carboxylic acid groups (broad SMARTS) is 1. The van der Waals surface area contributed by atoms with Gasteiger partial charge >= 0.3 is 5.97 Å². The third-order valence-corrected chi connectivity index (χ3v) is 3.73. The summed E-state index contributed by atoms with van der Waals surface area (Å²) in [4.78, 5) is 25.3. The highest BCUT2D eigenvalue weighted by molar-refractivity contribution is 5.86. The van der Waals surface area contributed by atoms with Crippen molar-refractivity contribution in [1.82, 2.24) is 4.57 Å². The molecular formula is C17H20N2O4. The van der Waals surface area contributed by atoms with Crippen LogP contribution in [0.1, 0.15) is 22.0 Å². The molecule has 0 bridgehead atoms. The molecule has 0 amide bonds. The second kappa shape index (κ2) is 7.11. The van der Waals surface area contributed by atoms with E-state index in [9.17, 15) is 14.7 Å². The number of nitrogens with zero attached hydrogens (tertiary/aromatic N) is 2. The number of benzene rings is 1. The molecule has 1 atom stereocenters. The summed E-state index contributed by atoms with van der Waals surface area (Å²) in [5.74, 6) is -1.27. The molecule has 6 nitrogen and oxygen atoms in total. The van der Waals surface area contributed by atoms with Crippen LogP contribution in [0, 0.1) is 0 Å². The molecule has 6 heteroatoms. The molecule has 1 aromatic carbocycles. The summed E-state index contributed by atoms with van der Waals surface area (Å²) in [5.41, 5.74) is 1.11. The van der Waals surface area contributed by atoms with Crippen LogP contribution in [-0.4, -0.2) is 41.5 Å². The van der Waals surface area contributed by atoms with Gasteiger partial charge in [-0.25, -0.2) is 4.79 Å². The normalized spacial score (nSPS) is 12.0. The van der Waals surface area contributed by atoms with Crippen molar-refractivity contribution >= 4 is 11.7 Å². The van der Waals surface area contributed by atoms with Gasteiger partial charge in [0.2, 0.25) is 0 Å². The summed E-state index contributed by atoms with van der Waals surface area (Å²) < 4.78 is 1.28. The van der Waals surface area contributed by atoms with E-state index in [-0.39, 0.29) is 12.2 Å². The largest absolute Gasteiger partial charge is 0.477 e. The van der Waals surface area contributed by atoms with Crippen molar-refractivity contribution in [3.8, 4) is 0 Å². The Morgan fingerprint density at radius 1 is 1.22 bits per heavy atom. The number of aromatic carboxylic acids is 1. The maximum atomic E-state index is 12.2. The molecule has 1 heterocycles. The molecule has 23 heavy (non-hydrogen) atoms. The molecule has 0 aliphatic rings. The van der Waals surface area contributed by atoms with E-state index in [1.165, 1.54) is 22.9 Å². The maximum absolute atomic E-state index is 12.2. The van der Waals surface area contributed by atoms with Crippen LogP contribution in [-0.2, 0) is 6.42 Å². The Morgan fingerprint density at radius 3 is 2.39 bits per heavy atom. The third kappa shape index (κ3) is 3.78. The molecule has 2 aromatic rings. The van der Waals surface area contributed by atoms with Crippen molar-refractivity contribution in [2.24, 2.45) is 0 Å². The van der Waals surface area contributed by atoms with Crippen molar-refractivity contribution < 1.29 is 15.0 Å². The molecule has 0 fully saturated rings. The lowest BCUT2D eigenvalue weighted by Gasteiger charge is -2.19. The molecule has 0 saturated carbocycles. The van der Waals surface area contributed by atoms with Crippen LogP contribution in [0.15, 0.2) is 47.4 Å². The number of aliphatic hydroxyl groups is 1. The van der Waals surface area contributed by atoms with Crippen LogP contribution >= 0.6 is 0 Å². The van der Waals surface area contributed by atoms with Crippen LogP contribution in [0.25, 0.3) is 0 Å². The molecule has 0 saturated heterocycles. The number of rotatable bonds is 6. The molecule has 2 rings (SSSR count). The summed E-state index contributed by atoms with van der Waals surface area (Å²) in [6, 6.07) is 10.0. The molecule has 0 spiro atoms. The second-order valence-corrected chi connectivity index (χ2v) is 5.54. The number of carbonyl (C=O) groups is 1. The van der Waals surface area contributed by atoms with Gasteiger partial charge in [0.15, 0.2) is 0 Å². The topological polar surface area (TPSA) is 82.8 Å². The zero-order valence-electron chi connectivity index (χ0n) is 13.1. The Bertz CT molecular complexity index is 735. The van der Waals surface area contributed by atoms with Gasteiger partial charge < -0.3 is 19.7 Å². The van der Waals surface area contributed by atoms with Gasteiger partial charge in [-0.05, 0) is 36.2 Å². The number of pyridine rings is 1. The highest BCUT2D eigenvalue weighted by atomic mass is 16.4. The Morgan fingerprint density at radius 2 is 1.87 bits per heavy atom. The van der Waals surface area contributed by atoms with E-state index >= 15 is 0 Å². The van der Waals surface area contributed by atoms with Crippen LogP contribution in [0.5, 0.6) is 0 Å². The Hall–Kier alpha value is -2.60. The van der Waals surface area contributed by atoms with Crippen molar-refractivity contribution in [2.75, 3.05) is 25.6 Å². The Kier molecular flexibility index (Phi) is 5.18. The zero-order valence-corrected chi connectivity index (χ0v) is 13.1. The highest BCUT2D eigenvalue weighted by Gasteiger charge is 2.17. The van der Waals surface area contributed by atoms with Gasteiger partial charge in [0.05, 0.1) is 12.6 Å². The van der Waals surface area contributed by atoms with Gasteiger partial charge in [-0.3, -0.25) is 4.79 Å². The van der Waals surface area contributed by atoms with Gasteiger partial charge in [0.1, 0.15) is 5.56 Å². The molecule has 0 radical (unpaired) electrons. The lowest BCUT2D eigenvalue weighted by atomic mass is 10.1. The number of hydrogen-bond acceptors (Lipinski definition) is 4. The maximum Gasteiger partial charge on any atom is 0.341 e. The first kappa shape index (κ1) is 16.8. The van der Waals surface area contributed by atoms with E-state index in [0.717, 1.165) is 11.3 Å². The van der Waals surface area contributed by atoms with Crippen LogP contribution in [0.2, 0.25) is 0 Å². The van der Waals surface area contributed by atoms with E-state index in [1.54, 1.807) is 0 Å². The van der Waals surface area contributed by atoms with Crippen LogP contribution in [0.4, 0.5) is 5.69 Å². The number of aliphatic hydroxyl groups excluding tert-OH is 1. The summed E-state index contributed by atoms with van der Waals surface area (Å²) in [5, 5.41) is 18.7. The fourth-order valence-electron chi connectivity index (χ4n) is 2.41. The fraction of sp³-hybridized carbons (Fsp3) is 0.294. The average molecular weight is 316 g/mol. The van der Waals surface area contributed by atoms with Gasteiger partial charge in [-0.1, -0.05) is 12.1 Å². The van der Waals surface area contributed by atoms with Crippen molar-refractivity contribution in [3.05, 3.63) is 64.1 Å². The number of anilines is 1. The standard InChI is InChI=1S/C17H20N2O4/c1-18(2)13-7-5-12(6-8-13)10-14(11-20)19-9-3-4-15(16(19)21)17(22)23/h3-9,14,20H,10-11H2,1-2H3,(H,22,23)/t14-/m1/s1. The van der Waals surface area contributed by atoms with Crippen LogP contribution in [0.3, 0.4) is 0 Å². The molecule has 0 aliphatic heterocycles. The van der Waals surface area contributed by atoms with E-state index in [2.05, 4.69) is 0 Å². The minimum atomic E-state index is -1.27. The lowest BCUT2D eigenvalue weighted by Crippen LogP contribution is -2.31. The number of hydrogen-bond donors (Lipinski definition) is 2. The molecule has 0 aliphatic carbocycles. The van der Waals surface area contributed by atoms with Crippen LogP contribution < -0.4 is 10.5 Å². The SMILES string of the molecule is CN(C)c1ccc(C[C@H](CO)n2cccc(C(=O)O)c2=O)cc1. The van der Waals surface area contributed by atoms with E-state index < -0.39 is 17.6 Å². The van der Waals surface area contributed by atoms with E-state index in [4.69, 9.17) is 5.11 Å². The third-order valence-electron chi connectivity index (χ3n) is 3.73. The minimum Gasteiger partial charge on any atom is -0.477 e. The van der Waals surface area contributed by atoms with Crippen molar-refractivity contribution in [2.45, 2.75) is 12.5 Å². The molecule has 2 N–H and O–H groups in total. The quantitative estimate of drug-likeness (QED) is 0.841. The van der Waals surface area contributed by atoms with E-state index in [0.29, 0.717) is 6.42 Å². The molecular weight excluding hydrogens is 296 g/mol. The summed E-state index contributed by atoms with van der Waals surface area (Å²) in [7, 11) is 3.89. The first-order valence-electron chi connectivity index (χ1n) is 7.25. The first-order valence-corrected chi connectivity index (χ1v) is 7.25. The number of carboxylic acids is 1. The first-order chi connectivity index (χ1) is 10.9. The number of aromatic nitrogens is 1. The Balaban J connectivity index is 2.29. The lowest BCUT2D eigenvalue weighted by molar-refractivity contribution is 0.0693. The van der Waals surface area contributed by atoms with E-state index in [1.807, 2.05) is 43.3 Å².